The molecule has 0 radical (unpaired) electrons. The van der Waals surface area contributed by atoms with E-state index in [9.17, 15) is 0 Å². The third kappa shape index (κ3) is 1.20. The van der Waals surface area contributed by atoms with E-state index < -0.39 is 0 Å². The van der Waals surface area contributed by atoms with Crippen LogP contribution in [-0.4, -0.2) is 9.78 Å². The van der Waals surface area contributed by atoms with Gasteiger partial charge in [0.15, 0.2) is 0 Å². The lowest BCUT2D eigenvalue weighted by Crippen LogP contribution is -2.00. The molecule has 1 aromatic rings. The fourth-order valence-electron chi connectivity index (χ4n) is 0.951. The van der Waals surface area contributed by atoms with Crippen molar-refractivity contribution in [1.82, 2.24) is 9.78 Å². The van der Waals surface area contributed by atoms with Crippen molar-refractivity contribution < 1.29 is 0 Å². The molecule has 0 aliphatic carbocycles. The Morgan fingerprint density at radius 2 is 2.27 bits per heavy atom. The molecule has 11 heavy (non-hydrogen) atoms. The van der Waals surface area contributed by atoms with Gasteiger partial charge in [-0.1, -0.05) is 5.92 Å². The van der Waals surface area contributed by atoms with Crippen molar-refractivity contribution in [3.63, 3.8) is 0 Å². The number of aryl methyl sites for hydroxylation is 1. The molecular formula is C8H11N3. The highest BCUT2D eigenvalue weighted by molar-refractivity contribution is 5.46. The maximum atomic E-state index is 5.68. The zero-order valence-corrected chi connectivity index (χ0v) is 6.76. The fourth-order valence-corrected chi connectivity index (χ4v) is 0.951. The molecule has 1 rings (SSSR count). The van der Waals surface area contributed by atoms with Gasteiger partial charge in [-0.15, -0.1) is 6.42 Å². The Bertz CT molecular complexity index is 304. The largest absolute Gasteiger partial charge is 0.396 e. The van der Waals surface area contributed by atoms with Crippen LogP contribution in [0.2, 0.25) is 0 Å². The van der Waals surface area contributed by atoms with E-state index >= 15 is 0 Å². The summed E-state index contributed by atoms with van der Waals surface area (Å²) in [5.74, 6) is 2.51. The van der Waals surface area contributed by atoms with Crippen molar-refractivity contribution in [2.24, 2.45) is 0 Å². The average molecular weight is 149 g/mol. The van der Waals surface area contributed by atoms with Crippen molar-refractivity contribution >= 4 is 5.69 Å². The minimum Gasteiger partial charge on any atom is -0.396 e. The molecule has 1 aromatic heterocycles. The van der Waals surface area contributed by atoms with E-state index in [1.54, 1.807) is 4.68 Å². The highest BCUT2D eigenvalue weighted by Gasteiger charge is 2.05. The number of rotatable bonds is 1. The van der Waals surface area contributed by atoms with Crippen LogP contribution in [0.15, 0.2) is 0 Å². The minimum absolute atomic E-state index is 0.490. The number of hydrogen-bond acceptors (Lipinski definition) is 2. The molecule has 0 saturated heterocycles. The average Bonchev–Trinajstić information content (AvgIpc) is 2.19. The molecule has 0 atom stereocenters. The summed E-state index contributed by atoms with van der Waals surface area (Å²) >= 11 is 0. The SMILES string of the molecule is C#CCn1nc(C)c(N)c1C. The van der Waals surface area contributed by atoms with E-state index in [0.29, 0.717) is 6.54 Å². The van der Waals surface area contributed by atoms with Crippen LogP contribution in [-0.2, 0) is 6.54 Å². The van der Waals surface area contributed by atoms with Gasteiger partial charge in [0, 0.05) is 0 Å². The number of anilines is 1. The number of terminal acetylenes is 1. The molecule has 0 aromatic carbocycles. The van der Waals surface area contributed by atoms with Gasteiger partial charge < -0.3 is 5.73 Å². The predicted octanol–water partition coefficient (Wildman–Crippen LogP) is 0.715. The fraction of sp³-hybridized carbons (Fsp3) is 0.375. The predicted molar refractivity (Wildman–Crippen MR) is 44.9 cm³/mol. The summed E-state index contributed by atoms with van der Waals surface area (Å²) in [6.07, 6.45) is 5.14. The normalized spacial score (nSPS) is 9.55. The van der Waals surface area contributed by atoms with E-state index in [4.69, 9.17) is 12.2 Å². The second-order valence-electron chi connectivity index (χ2n) is 2.45. The topological polar surface area (TPSA) is 43.8 Å². The molecule has 2 N–H and O–H groups in total. The molecule has 3 nitrogen and oxygen atoms in total. The van der Waals surface area contributed by atoms with Crippen LogP contribution in [0.25, 0.3) is 0 Å². The molecule has 0 aliphatic rings. The first-order chi connectivity index (χ1) is 5.16. The van der Waals surface area contributed by atoms with E-state index in [1.807, 2.05) is 13.8 Å². The Morgan fingerprint density at radius 1 is 1.64 bits per heavy atom. The van der Waals surface area contributed by atoms with Crippen LogP contribution in [0.5, 0.6) is 0 Å². The van der Waals surface area contributed by atoms with Gasteiger partial charge in [-0.25, -0.2) is 0 Å². The summed E-state index contributed by atoms with van der Waals surface area (Å²) in [5, 5.41) is 4.15. The number of nitrogens with zero attached hydrogens (tertiary/aromatic N) is 2. The maximum Gasteiger partial charge on any atom is 0.102 e. The van der Waals surface area contributed by atoms with Crippen LogP contribution in [0, 0.1) is 26.2 Å². The smallest absolute Gasteiger partial charge is 0.102 e. The van der Waals surface area contributed by atoms with Gasteiger partial charge in [0.25, 0.3) is 0 Å². The van der Waals surface area contributed by atoms with Gasteiger partial charge >= 0.3 is 0 Å². The zero-order chi connectivity index (χ0) is 8.43. The highest BCUT2D eigenvalue weighted by atomic mass is 15.3. The summed E-state index contributed by atoms with van der Waals surface area (Å²) in [6.45, 7) is 4.27. The van der Waals surface area contributed by atoms with Crippen LogP contribution in [0.4, 0.5) is 5.69 Å². The van der Waals surface area contributed by atoms with Gasteiger partial charge in [0.2, 0.25) is 0 Å². The monoisotopic (exact) mass is 149 g/mol. The third-order valence-electron chi connectivity index (χ3n) is 1.68. The zero-order valence-electron chi connectivity index (χ0n) is 6.76. The first kappa shape index (κ1) is 7.67. The lowest BCUT2D eigenvalue weighted by molar-refractivity contribution is 0.685. The number of aromatic nitrogens is 2. The number of nitrogens with two attached hydrogens (primary N) is 1. The molecule has 0 saturated carbocycles. The lowest BCUT2D eigenvalue weighted by atomic mass is 10.3. The summed E-state index contributed by atoms with van der Waals surface area (Å²) in [6, 6.07) is 0. The van der Waals surface area contributed by atoms with Crippen LogP contribution in [0.3, 0.4) is 0 Å². The van der Waals surface area contributed by atoms with E-state index in [-0.39, 0.29) is 0 Å². The first-order valence-electron chi connectivity index (χ1n) is 3.39. The summed E-state index contributed by atoms with van der Waals surface area (Å²) < 4.78 is 1.73. The highest BCUT2D eigenvalue weighted by Crippen LogP contribution is 2.13. The van der Waals surface area contributed by atoms with Crippen molar-refractivity contribution in [2.75, 3.05) is 5.73 Å². The van der Waals surface area contributed by atoms with Gasteiger partial charge in [-0.05, 0) is 13.8 Å². The summed E-state index contributed by atoms with van der Waals surface area (Å²) in [4.78, 5) is 0. The standard InChI is InChI=1S/C8H11N3/c1-4-5-11-7(3)8(9)6(2)10-11/h1H,5,9H2,2-3H3. The molecule has 58 valence electrons. The summed E-state index contributed by atoms with van der Waals surface area (Å²) in [5.41, 5.74) is 8.21. The lowest BCUT2D eigenvalue weighted by Gasteiger charge is -1.96. The Morgan fingerprint density at radius 3 is 2.64 bits per heavy atom. The Labute approximate surface area is 66.2 Å². The molecule has 3 heteroatoms. The first-order valence-corrected chi connectivity index (χ1v) is 3.39. The molecule has 0 amide bonds. The van der Waals surface area contributed by atoms with E-state index in [2.05, 4.69) is 11.0 Å². The minimum atomic E-state index is 0.490. The second kappa shape index (κ2) is 2.67. The summed E-state index contributed by atoms with van der Waals surface area (Å²) in [7, 11) is 0. The molecule has 0 bridgehead atoms. The third-order valence-corrected chi connectivity index (χ3v) is 1.68. The molecular weight excluding hydrogens is 138 g/mol. The van der Waals surface area contributed by atoms with Gasteiger partial charge in [-0.3, -0.25) is 4.68 Å². The molecule has 0 fully saturated rings. The van der Waals surface area contributed by atoms with Gasteiger partial charge in [0.1, 0.15) is 6.54 Å². The van der Waals surface area contributed by atoms with E-state index in [1.165, 1.54) is 0 Å². The van der Waals surface area contributed by atoms with Crippen molar-refractivity contribution in [2.45, 2.75) is 20.4 Å². The van der Waals surface area contributed by atoms with E-state index in [0.717, 1.165) is 17.1 Å². The number of nitrogen functional groups attached to an aromatic ring is 1. The van der Waals surface area contributed by atoms with Crippen LogP contribution >= 0.6 is 0 Å². The van der Waals surface area contributed by atoms with Crippen LogP contribution < -0.4 is 5.73 Å². The second-order valence-corrected chi connectivity index (χ2v) is 2.45. The van der Waals surface area contributed by atoms with Crippen molar-refractivity contribution in [3.05, 3.63) is 11.4 Å². The molecule has 1 heterocycles. The Hall–Kier alpha value is -1.43. The van der Waals surface area contributed by atoms with Gasteiger partial charge in [-0.2, -0.15) is 5.10 Å². The molecule has 0 spiro atoms. The Balaban J connectivity index is 3.10. The van der Waals surface area contributed by atoms with Crippen LogP contribution in [0.1, 0.15) is 11.4 Å². The van der Waals surface area contributed by atoms with Gasteiger partial charge in [0.05, 0.1) is 17.1 Å². The Kier molecular flexibility index (Phi) is 1.86. The van der Waals surface area contributed by atoms with Crippen molar-refractivity contribution in [1.29, 1.82) is 0 Å². The van der Waals surface area contributed by atoms with Crippen molar-refractivity contribution in [3.8, 4) is 12.3 Å². The number of hydrogen-bond donors (Lipinski definition) is 1. The maximum absolute atomic E-state index is 5.68. The quantitative estimate of drug-likeness (QED) is 0.598. The molecule has 0 unspecified atom stereocenters. The molecule has 0 aliphatic heterocycles.